The fraction of sp³-hybridized carbons (Fsp3) is 0.500. The van der Waals surface area contributed by atoms with E-state index in [9.17, 15) is 0 Å². The molecule has 1 aromatic heterocycles. The second kappa shape index (κ2) is 3.38. The number of halogens is 3. The Hall–Kier alpha value is 0.570. The lowest BCUT2D eigenvalue weighted by Crippen LogP contribution is -1.89. The summed E-state index contributed by atoms with van der Waals surface area (Å²) in [5, 5.41) is 0.0706. The van der Waals surface area contributed by atoms with E-state index in [0.29, 0.717) is 5.92 Å². The topological polar surface area (TPSA) is 0 Å². The zero-order valence-electron chi connectivity index (χ0n) is 6.19. The number of hydrogen-bond donors (Lipinski definition) is 0. The summed E-state index contributed by atoms with van der Waals surface area (Å²) in [6, 6.07) is 1.88. The monoisotopic (exact) mass is 240 g/mol. The molecule has 0 saturated heterocycles. The van der Waals surface area contributed by atoms with Crippen LogP contribution in [-0.4, -0.2) is 0 Å². The first-order chi connectivity index (χ1) is 5.68. The van der Waals surface area contributed by atoms with E-state index in [1.807, 2.05) is 6.07 Å². The van der Waals surface area contributed by atoms with E-state index in [-0.39, 0.29) is 5.38 Å². The molecule has 66 valence electrons. The van der Waals surface area contributed by atoms with Crippen LogP contribution < -0.4 is 0 Å². The summed E-state index contributed by atoms with van der Waals surface area (Å²) in [4.78, 5) is 0. The van der Waals surface area contributed by atoms with Crippen molar-refractivity contribution in [1.82, 2.24) is 0 Å². The Morgan fingerprint density at radius 2 is 2.08 bits per heavy atom. The maximum Gasteiger partial charge on any atom is 0.0991 e. The molecule has 0 bridgehead atoms. The lowest BCUT2D eigenvalue weighted by Gasteiger charge is -2.04. The fourth-order valence-corrected chi connectivity index (χ4v) is 3.28. The van der Waals surface area contributed by atoms with Gasteiger partial charge in [0.1, 0.15) is 0 Å². The predicted molar refractivity (Wildman–Crippen MR) is 55.7 cm³/mol. The highest BCUT2D eigenvalue weighted by Crippen LogP contribution is 2.49. The van der Waals surface area contributed by atoms with Crippen LogP contribution in [0.3, 0.4) is 0 Å². The summed E-state index contributed by atoms with van der Waals surface area (Å²) < 4.78 is 1.47. The van der Waals surface area contributed by atoms with E-state index in [1.54, 1.807) is 0 Å². The van der Waals surface area contributed by atoms with Crippen LogP contribution in [0.1, 0.15) is 23.8 Å². The molecule has 1 aromatic rings. The Morgan fingerprint density at radius 1 is 1.42 bits per heavy atom. The molecule has 0 amide bonds. The zero-order valence-corrected chi connectivity index (χ0v) is 9.27. The smallest absolute Gasteiger partial charge is 0.0991 e. The van der Waals surface area contributed by atoms with Crippen LogP contribution in [0, 0.1) is 5.92 Å². The van der Waals surface area contributed by atoms with Crippen molar-refractivity contribution in [2.75, 3.05) is 0 Å². The van der Waals surface area contributed by atoms with Crippen molar-refractivity contribution < 1.29 is 0 Å². The van der Waals surface area contributed by atoms with Crippen molar-refractivity contribution >= 4 is 46.1 Å². The number of alkyl halides is 1. The number of hydrogen-bond acceptors (Lipinski definition) is 1. The molecule has 1 heterocycles. The van der Waals surface area contributed by atoms with E-state index in [1.165, 1.54) is 24.2 Å². The Morgan fingerprint density at radius 3 is 2.50 bits per heavy atom. The van der Waals surface area contributed by atoms with Crippen molar-refractivity contribution in [3.05, 3.63) is 20.3 Å². The molecule has 0 spiro atoms. The van der Waals surface area contributed by atoms with Gasteiger partial charge in [-0.1, -0.05) is 23.2 Å². The second-order valence-corrected chi connectivity index (χ2v) is 5.77. The summed E-state index contributed by atoms with van der Waals surface area (Å²) in [6.45, 7) is 0. The quantitative estimate of drug-likeness (QED) is 0.656. The van der Waals surface area contributed by atoms with Crippen molar-refractivity contribution in [3.8, 4) is 0 Å². The molecule has 1 atom stereocenters. The number of thiophene rings is 1. The van der Waals surface area contributed by atoms with E-state index in [2.05, 4.69) is 0 Å². The molecular formula is C8H7Cl3S. The molecule has 1 aliphatic rings. The average Bonchev–Trinajstić information content (AvgIpc) is 2.77. The van der Waals surface area contributed by atoms with Gasteiger partial charge in [-0.15, -0.1) is 22.9 Å². The molecule has 2 rings (SSSR count). The summed E-state index contributed by atoms with van der Waals surface area (Å²) in [5.74, 6) is 0.620. The van der Waals surface area contributed by atoms with Gasteiger partial charge in [-0.2, -0.15) is 0 Å². The van der Waals surface area contributed by atoms with Gasteiger partial charge in [0, 0.05) is 5.56 Å². The van der Waals surface area contributed by atoms with Crippen LogP contribution in [-0.2, 0) is 0 Å². The first-order valence-corrected chi connectivity index (χ1v) is 5.78. The Bertz CT molecular complexity index is 290. The third-order valence-electron chi connectivity index (χ3n) is 2.02. The summed E-state index contributed by atoms with van der Waals surface area (Å²) in [5.41, 5.74) is 1.01. The Balaban J connectivity index is 2.25. The van der Waals surface area contributed by atoms with E-state index in [0.717, 1.165) is 14.2 Å². The third-order valence-corrected chi connectivity index (χ3v) is 4.13. The van der Waals surface area contributed by atoms with E-state index < -0.39 is 0 Å². The Kier molecular flexibility index (Phi) is 2.57. The molecule has 0 radical (unpaired) electrons. The maximum atomic E-state index is 6.19. The molecule has 4 heteroatoms. The van der Waals surface area contributed by atoms with Crippen LogP contribution in [0.5, 0.6) is 0 Å². The molecule has 0 aromatic carbocycles. The minimum absolute atomic E-state index is 0.0706. The molecular weight excluding hydrogens is 235 g/mol. The maximum absolute atomic E-state index is 6.19. The van der Waals surface area contributed by atoms with Crippen LogP contribution in [0.4, 0.5) is 0 Å². The predicted octanol–water partition coefficient (Wildman–Crippen LogP) is 4.74. The lowest BCUT2D eigenvalue weighted by molar-refractivity contribution is 0.801. The first kappa shape index (κ1) is 9.14. The molecule has 1 saturated carbocycles. The van der Waals surface area contributed by atoms with E-state index in [4.69, 9.17) is 34.8 Å². The molecule has 1 unspecified atom stereocenters. The van der Waals surface area contributed by atoms with Gasteiger partial charge in [-0.05, 0) is 24.8 Å². The van der Waals surface area contributed by atoms with Crippen molar-refractivity contribution in [2.24, 2.45) is 5.92 Å². The van der Waals surface area contributed by atoms with Gasteiger partial charge in [0.25, 0.3) is 0 Å². The second-order valence-electron chi connectivity index (χ2n) is 3.02. The number of rotatable bonds is 2. The summed E-state index contributed by atoms with van der Waals surface area (Å²) in [7, 11) is 0. The van der Waals surface area contributed by atoms with Crippen molar-refractivity contribution in [1.29, 1.82) is 0 Å². The minimum atomic E-state index is 0.0706. The summed E-state index contributed by atoms with van der Waals surface area (Å²) >= 11 is 19.3. The van der Waals surface area contributed by atoms with Gasteiger partial charge in [0.05, 0.1) is 14.0 Å². The van der Waals surface area contributed by atoms with Crippen LogP contribution in [0.25, 0.3) is 0 Å². The highest BCUT2D eigenvalue weighted by atomic mass is 35.5. The lowest BCUT2D eigenvalue weighted by atomic mass is 10.2. The largest absolute Gasteiger partial charge is 0.117 e. The molecule has 0 aliphatic heterocycles. The third kappa shape index (κ3) is 1.74. The van der Waals surface area contributed by atoms with Gasteiger partial charge in [-0.25, -0.2) is 0 Å². The minimum Gasteiger partial charge on any atom is -0.117 e. The highest BCUT2D eigenvalue weighted by Gasteiger charge is 2.32. The average molecular weight is 242 g/mol. The molecule has 1 fully saturated rings. The van der Waals surface area contributed by atoms with Gasteiger partial charge in [0.2, 0.25) is 0 Å². The highest BCUT2D eigenvalue weighted by molar-refractivity contribution is 7.20. The normalized spacial score (nSPS) is 19.6. The van der Waals surface area contributed by atoms with Gasteiger partial charge < -0.3 is 0 Å². The molecule has 0 N–H and O–H groups in total. The van der Waals surface area contributed by atoms with Crippen LogP contribution >= 0.6 is 46.1 Å². The SMILES string of the molecule is Clc1cc(C(Cl)C2CC2)c(Cl)s1. The van der Waals surface area contributed by atoms with Crippen LogP contribution in [0.15, 0.2) is 6.07 Å². The molecule has 12 heavy (non-hydrogen) atoms. The van der Waals surface area contributed by atoms with Gasteiger partial charge in [-0.3, -0.25) is 0 Å². The molecule has 1 aliphatic carbocycles. The van der Waals surface area contributed by atoms with E-state index >= 15 is 0 Å². The van der Waals surface area contributed by atoms with Gasteiger partial charge in [0.15, 0.2) is 0 Å². The van der Waals surface area contributed by atoms with Crippen molar-refractivity contribution in [2.45, 2.75) is 18.2 Å². The standard InChI is InChI=1S/C8H7Cl3S/c9-6-3-5(8(11)12-6)7(10)4-1-2-4/h3-4,7H,1-2H2. The Labute approximate surface area is 90.4 Å². The first-order valence-electron chi connectivity index (χ1n) is 3.77. The summed E-state index contributed by atoms with van der Waals surface area (Å²) in [6.07, 6.45) is 2.44. The van der Waals surface area contributed by atoms with Crippen molar-refractivity contribution in [3.63, 3.8) is 0 Å². The zero-order chi connectivity index (χ0) is 8.72. The molecule has 0 nitrogen and oxygen atoms in total. The fourth-order valence-electron chi connectivity index (χ4n) is 1.18. The van der Waals surface area contributed by atoms with Gasteiger partial charge >= 0.3 is 0 Å². The van der Waals surface area contributed by atoms with Crippen LogP contribution in [0.2, 0.25) is 8.67 Å².